The number of halogens is 1. The minimum absolute atomic E-state index is 0.0809. The molecular weight excluding hydrogens is 430 g/mol. The summed E-state index contributed by atoms with van der Waals surface area (Å²) in [5.74, 6) is 1.44. The second-order valence-electron chi connectivity index (χ2n) is 8.22. The number of fused-ring (bicyclic) bond motifs is 1. The van der Waals surface area contributed by atoms with Crippen LogP contribution in [-0.4, -0.2) is 22.5 Å². The second kappa shape index (κ2) is 8.91. The Morgan fingerprint density at radius 1 is 1.21 bits per heavy atom. The quantitative estimate of drug-likeness (QED) is 0.466. The highest BCUT2D eigenvalue weighted by Gasteiger charge is 2.12. The van der Waals surface area contributed by atoms with E-state index in [1.165, 1.54) is 4.68 Å². The van der Waals surface area contributed by atoms with Gasteiger partial charge in [0.2, 0.25) is 0 Å². The van der Waals surface area contributed by atoms with Crippen LogP contribution in [0.15, 0.2) is 56.8 Å². The van der Waals surface area contributed by atoms with Crippen molar-refractivity contribution < 1.29 is 4.74 Å². The summed E-state index contributed by atoms with van der Waals surface area (Å²) in [6.45, 7) is 9.07. The molecule has 0 fully saturated rings. The van der Waals surface area contributed by atoms with E-state index in [9.17, 15) is 4.79 Å². The van der Waals surface area contributed by atoms with Gasteiger partial charge >= 0.3 is 0 Å². The monoisotopic (exact) mass is 455 g/mol. The molecule has 0 unspecified atom stereocenters. The van der Waals surface area contributed by atoms with Crippen molar-refractivity contribution in [1.29, 1.82) is 0 Å². The Morgan fingerprint density at radius 2 is 2.00 bits per heavy atom. The molecule has 0 saturated heterocycles. The molecule has 0 aliphatic carbocycles. The van der Waals surface area contributed by atoms with E-state index in [-0.39, 0.29) is 11.0 Å². The lowest BCUT2D eigenvalue weighted by Gasteiger charge is -2.18. The van der Waals surface area contributed by atoms with Crippen molar-refractivity contribution >= 4 is 33.0 Å². The predicted octanol–water partition coefficient (Wildman–Crippen LogP) is 5.42. The molecule has 0 amide bonds. The lowest BCUT2D eigenvalue weighted by Crippen LogP contribution is -2.22. The average molecular weight is 456 g/mol. The Hall–Kier alpha value is -2.47. The van der Waals surface area contributed by atoms with Gasteiger partial charge in [-0.25, -0.2) is 4.98 Å². The molecule has 0 saturated carbocycles. The molecule has 0 radical (unpaired) electrons. The first-order valence-corrected chi connectivity index (χ1v) is 10.5. The molecule has 1 heterocycles. The third kappa shape index (κ3) is 5.54. The van der Waals surface area contributed by atoms with Gasteiger partial charge in [0.15, 0.2) is 0 Å². The minimum Gasteiger partial charge on any atom is -0.493 e. The normalized spacial score (nSPS) is 12.0. The SMILES string of the molecule is CCCc1nc2ccc(Br)cc2c(=O)n1N=Cc1cccc(OCC(C)(C)C)c1. The lowest BCUT2D eigenvalue weighted by molar-refractivity contribution is 0.198. The van der Waals surface area contributed by atoms with Crippen molar-refractivity contribution in [3.8, 4) is 5.75 Å². The number of ether oxygens (including phenoxy) is 1. The van der Waals surface area contributed by atoms with Crippen LogP contribution in [-0.2, 0) is 6.42 Å². The zero-order chi connectivity index (χ0) is 21.0. The van der Waals surface area contributed by atoms with E-state index in [2.05, 4.69) is 53.7 Å². The van der Waals surface area contributed by atoms with Gasteiger partial charge in [-0.15, -0.1) is 0 Å². The van der Waals surface area contributed by atoms with Crippen LogP contribution in [0.1, 0.15) is 45.5 Å². The van der Waals surface area contributed by atoms with Gasteiger partial charge in [0.1, 0.15) is 11.6 Å². The van der Waals surface area contributed by atoms with E-state index in [0.717, 1.165) is 22.2 Å². The van der Waals surface area contributed by atoms with Crippen LogP contribution >= 0.6 is 15.9 Å². The van der Waals surface area contributed by atoms with Gasteiger partial charge in [-0.1, -0.05) is 55.8 Å². The summed E-state index contributed by atoms with van der Waals surface area (Å²) in [4.78, 5) is 17.7. The molecule has 152 valence electrons. The van der Waals surface area contributed by atoms with E-state index in [4.69, 9.17) is 4.74 Å². The van der Waals surface area contributed by atoms with E-state index >= 15 is 0 Å². The van der Waals surface area contributed by atoms with Crippen LogP contribution in [0.2, 0.25) is 0 Å². The van der Waals surface area contributed by atoms with Gasteiger partial charge in [-0.05, 0) is 47.7 Å². The first kappa shape index (κ1) is 21.2. The largest absolute Gasteiger partial charge is 0.493 e. The molecule has 0 N–H and O–H groups in total. The Morgan fingerprint density at radius 3 is 2.72 bits per heavy atom. The van der Waals surface area contributed by atoms with E-state index in [1.54, 1.807) is 12.3 Å². The standard InChI is InChI=1S/C23H26BrN3O2/c1-5-7-21-26-20-11-10-17(24)13-19(20)22(28)27(21)25-14-16-8-6-9-18(12-16)29-15-23(2,3)4/h6,8-14H,5,7,15H2,1-4H3. The highest BCUT2D eigenvalue weighted by Crippen LogP contribution is 2.19. The molecular formula is C23H26BrN3O2. The number of rotatable bonds is 6. The molecule has 3 aromatic rings. The highest BCUT2D eigenvalue weighted by atomic mass is 79.9. The maximum absolute atomic E-state index is 13.0. The van der Waals surface area contributed by atoms with Crippen LogP contribution in [0.3, 0.4) is 0 Å². The maximum atomic E-state index is 13.0. The Labute approximate surface area is 179 Å². The number of nitrogens with zero attached hydrogens (tertiary/aromatic N) is 3. The van der Waals surface area contributed by atoms with Crippen molar-refractivity contribution in [1.82, 2.24) is 9.66 Å². The summed E-state index contributed by atoms with van der Waals surface area (Å²) in [7, 11) is 0. The Kier molecular flexibility index (Phi) is 6.52. The molecule has 6 heteroatoms. The molecule has 0 aliphatic rings. The Balaban J connectivity index is 1.96. The number of aromatic nitrogens is 2. The van der Waals surface area contributed by atoms with Gasteiger partial charge < -0.3 is 4.74 Å². The Bertz CT molecular complexity index is 1100. The zero-order valence-electron chi connectivity index (χ0n) is 17.3. The fraction of sp³-hybridized carbons (Fsp3) is 0.348. The molecule has 3 rings (SSSR count). The van der Waals surface area contributed by atoms with Crippen LogP contribution in [0, 0.1) is 5.41 Å². The van der Waals surface area contributed by atoms with Crippen molar-refractivity contribution in [3.05, 3.63) is 68.7 Å². The second-order valence-corrected chi connectivity index (χ2v) is 9.14. The fourth-order valence-electron chi connectivity index (χ4n) is 2.81. The lowest BCUT2D eigenvalue weighted by atomic mass is 9.99. The summed E-state index contributed by atoms with van der Waals surface area (Å²) in [6, 6.07) is 13.2. The average Bonchev–Trinajstić information content (AvgIpc) is 2.67. The maximum Gasteiger partial charge on any atom is 0.282 e. The summed E-state index contributed by atoms with van der Waals surface area (Å²) < 4.78 is 8.12. The summed E-state index contributed by atoms with van der Waals surface area (Å²) >= 11 is 3.42. The van der Waals surface area contributed by atoms with E-state index < -0.39 is 0 Å². The first-order chi connectivity index (χ1) is 13.8. The summed E-state index contributed by atoms with van der Waals surface area (Å²) in [6.07, 6.45) is 3.23. The summed E-state index contributed by atoms with van der Waals surface area (Å²) in [5, 5.41) is 5.01. The molecule has 1 aromatic heterocycles. The smallest absolute Gasteiger partial charge is 0.282 e. The van der Waals surface area contributed by atoms with E-state index in [1.807, 2.05) is 36.4 Å². The van der Waals surface area contributed by atoms with Gasteiger partial charge in [-0.3, -0.25) is 4.79 Å². The number of aryl methyl sites for hydroxylation is 1. The van der Waals surface area contributed by atoms with Gasteiger partial charge in [-0.2, -0.15) is 9.78 Å². The zero-order valence-corrected chi connectivity index (χ0v) is 18.9. The van der Waals surface area contributed by atoms with Crippen molar-refractivity contribution in [2.24, 2.45) is 10.5 Å². The molecule has 0 bridgehead atoms. The third-order valence-corrected chi connectivity index (χ3v) is 4.69. The van der Waals surface area contributed by atoms with Crippen molar-refractivity contribution in [2.75, 3.05) is 6.61 Å². The van der Waals surface area contributed by atoms with Crippen LogP contribution in [0.4, 0.5) is 0 Å². The van der Waals surface area contributed by atoms with Gasteiger partial charge in [0, 0.05) is 10.9 Å². The topological polar surface area (TPSA) is 56.5 Å². The van der Waals surface area contributed by atoms with Gasteiger partial charge in [0.25, 0.3) is 5.56 Å². The molecule has 0 aliphatic heterocycles. The third-order valence-electron chi connectivity index (χ3n) is 4.20. The van der Waals surface area contributed by atoms with Crippen molar-refractivity contribution in [2.45, 2.75) is 40.5 Å². The predicted molar refractivity (Wildman–Crippen MR) is 122 cm³/mol. The van der Waals surface area contributed by atoms with Crippen LogP contribution < -0.4 is 10.3 Å². The van der Waals surface area contributed by atoms with Crippen LogP contribution in [0.25, 0.3) is 10.9 Å². The molecule has 29 heavy (non-hydrogen) atoms. The van der Waals surface area contributed by atoms with Crippen molar-refractivity contribution in [3.63, 3.8) is 0 Å². The van der Waals surface area contributed by atoms with Gasteiger partial charge in [0.05, 0.1) is 23.7 Å². The van der Waals surface area contributed by atoms with E-state index in [0.29, 0.717) is 29.8 Å². The fourth-order valence-corrected chi connectivity index (χ4v) is 3.17. The molecule has 0 spiro atoms. The molecule has 0 atom stereocenters. The molecule has 2 aromatic carbocycles. The summed E-state index contributed by atoms with van der Waals surface area (Å²) in [5.41, 5.74) is 1.46. The minimum atomic E-state index is -0.170. The number of hydrogen-bond donors (Lipinski definition) is 0. The number of benzene rings is 2. The van der Waals surface area contributed by atoms with Crippen LogP contribution in [0.5, 0.6) is 5.75 Å². The highest BCUT2D eigenvalue weighted by molar-refractivity contribution is 9.10. The first-order valence-electron chi connectivity index (χ1n) is 9.75. The number of hydrogen-bond acceptors (Lipinski definition) is 4. The molecule has 5 nitrogen and oxygen atoms in total.